The molecule has 5 heteroatoms. The van der Waals surface area contributed by atoms with Gasteiger partial charge in [0, 0.05) is 13.6 Å². The molecule has 0 aliphatic carbocycles. The molecule has 3 aromatic rings. The molecule has 0 bridgehead atoms. The van der Waals surface area contributed by atoms with Crippen molar-refractivity contribution in [3.63, 3.8) is 0 Å². The molecular formula is C24H26N2O3. The summed E-state index contributed by atoms with van der Waals surface area (Å²) >= 11 is 0. The predicted molar refractivity (Wildman–Crippen MR) is 114 cm³/mol. The third-order valence-corrected chi connectivity index (χ3v) is 4.65. The van der Waals surface area contributed by atoms with Gasteiger partial charge in [0.2, 0.25) is 0 Å². The Labute approximate surface area is 171 Å². The highest BCUT2D eigenvalue weighted by atomic mass is 16.5. The Hall–Kier alpha value is -3.34. The summed E-state index contributed by atoms with van der Waals surface area (Å²) in [4.78, 5) is 18.6. The van der Waals surface area contributed by atoms with Gasteiger partial charge in [0.15, 0.2) is 0 Å². The molecule has 1 amide bonds. The molecule has 1 aromatic heterocycles. The largest absolute Gasteiger partial charge is 0.497 e. The van der Waals surface area contributed by atoms with Crippen molar-refractivity contribution in [3.8, 4) is 17.2 Å². The first-order valence-electron chi connectivity index (χ1n) is 9.64. The van der Waals surface area contributed by atoms with Crippen molar-refractivity contribution in [1.29, 1.82) is 0 Å². The van der Waals surface area contributed by atoms with Gasteiger partial charge >= 0.3 is 0 Å². The zero-order chi connectivity index (χ0) is 20.6. The van der Waals surface area contributed by atoms with Gasteiger partial charge in [0.05, 0.1) is 13.3 Å². The van der Waals surface area contributed by atoms with E-state index in [-0.39, 0.29) is 5.91 Å². The third-order valence-electron chi connectivity index (χ3n) is 4.65. The molecule has 0 unspecified atom stereocenters. The number of carbonyl (C=O) groups is 1. The second-order valence-corrected chi connectivity index (χ2v) is 6.98. The molecule has 0 saturated heterocycles. The molecule has 0 aliphatic heterocycles. The lowest BCUT2D eigenvalue weighted by atomic mass is 10.1. The summed E-state index contributed by atoms with van der Waals surface area (Å²) in [6, 6.07) is 19.3. The molecule has 29 heavy (non-hydrogen) atoms. The maximum atomic E-state index is 12.6. The Balaban J connectivity index is 1.50. The van der Waals surface area contributed by atoms with Crippen LogP contribution in [0.4, 0.5) is 0 Å². The van der Waals surface area contributed by atoms with E-state index in [4.69, 9.17) is 9.47 Å². The minimum absolute atomic E-state index is 0.0955. The number of pyridine rings is 1. The molecule has 1 heterocycles. The van der Waals surface area contributed by atoms with Crippen LogP contribution in [0, 0.1) is 6.92 Å². The lowest BCUT2D eigenvalue weighted by molar-refractivity contribution is 0.0788. The van der Waals surface area contributed by atoms with Gasteiger partial charge in [-0.15, -0.1) is 0 Å². The Morgan fingerprint density at radius 3 is 2.41 bits per heavy atom. The first kappa shape index (κ1) is 20.4. The molecule has 0 atom stereocenters. The molecule has 0 aliphatic rings. The van der Waals surface area contributed by atoms with Crippen LogP contribution in [-0.4, -0.2) is 36.5 Å². The fourth-order valence-corrected chi connectivity index (χ4v) is 2.99. The average Bonchev–Trinajstić information content (AvgIpc) is 2.74. The van der Waals surface area contributed by atoms with Crippen molar-refractivity contribution in [2.75, 3.05) is 20.7 Å². The lowest BCUT2D eigenvalue weighted by Gasteiger charge is -2.17. The molecule has 3 rings (SSSR count). The van der Waals surface area contributed by atoms with Crippen LogP contribution in [0.25, 0.3) is 0 Å². The maximum Gasteiger partial charge on any atom is 0.272 e. The Kier molecular flexibility index (Phi) is 6.85. The molecular weight excluding hydrogens is 364 g/mol. The van der Waals surface area contributed by atoms with E-state index >= 15 is 0 Å². The van der Waals surface area contributed by atoms with E-state index in [2.05, 4.69) is 17.1 Å². The van der Waals surface area contributed by atoms with E-state index in [1.165, 1.54) is 5.56 Å². The molecule has 5 nitrogen and oxygen atoms in total. The van der Waals surface area contributed by atoms with E-state index in [9.17, 15) is 4.79 Å². The summed E-state index contributed by atoms with van der Waals surface area (Å²) in [5, 5.41) is 0. The van der Waals surface area contributed by atoms with Crippen LogP contribution in [0.3, 0.4) is 0 Å². The maximum absolute atomic E-state index is 12.6. The molecule has 0 saturated carbocycles. The summed E-state index contributed by atoms with van der Waals surface area (Å²) in [7, 11) is 3.46. The molecule has 150 valence electrons. The Morgan fingerprint density at radius 1 is 1.00 bits per heavy atom. The fraction of sp³-hybridized carbons (Fsp3) is 0.250. The highest BCUT2D eigenvalue weighted by molar-refractivity contribution is 5.92. The van der Waals surface area contributed by atoms with Gasteiger partial charge in [-0.05, 0) is 67.3 Å². The zero-order valence-corrected chi connectivity index (χ0v) is 17.1. The number of hydrogen-bond donors (Lipinski definition) is 0. The molecule has 0 radical (unpaired) electrons. The highest BCUT2D eigenvalue weighted by Crippen LogP contribution is 2.21. The normalized spacial score (nSPS) is 10.4. The quantitative estimate of drug-likeness (QED) is 0.549. The fourth-order valence-electron chi connectivity index (χ4n) is 2.99. The van der Waals surface area contributed by atoms with E-state index < -0.39 is 0 Å². The van der Waals surface area contributed by atoms with Gasteiger partial charge in [-0.2, -0.15) is 0 Å². The Morgan fingerprint density at radius 2 is 1.76 bits per heavy atom. The first-order valence-corrected chi connectivity index (χ1v) is 9.64. The SMILES string of the molecule is COc1ccc(CCCN(C)C(=O)c2ccc(Oc3cccc(C)c3)cn2)cc1. The molecule has 0 spiro atoms. The first-order chi connectivity index (χ1) is 14.0. The summed E-state index contributed by atoms with van der Waals surface area (Å²) in [6.45, 7) is 2.67. The predicted octanol–water partition coefficient (Wildman–Crippen LogP) is 4.90. The third kappa shape index (κ3) is 5.82. The van der Waals surface area contributed by atoms with Gasteiger partial charge in [-0.3, -0.25) is 4.79 Å². The van der Waals surface area contributed by atoms with Gasteiger partial charge in [0.25, 0.3) is 5.91 Å². The van der Waals surface area contributed by atoms with Crippen LogP contribution in [-0.2, 0) is 6.42 Å². The van der Waals surface area contributed by atoms with Crippen LogP contribution in [0.15, 0.2) is 66.9 Å². The number of amides is 1. The number of ether oxygens (including phenoxy) is 2. The number of benzene rings is 2. The number of rotatable bonds is 8. The lowest BCUT2D eigenvalue weighted by Crippen LogP contribution is -2.28. The molecule has 0 N–H and O–H groups in total. The van der Waals surface area contributed by atoms with Crippen molar-refractivity contribution < 1.29 is 14.3 Å². The monoisotopic (exact) mass is 390 g/mol. The van der Waals surface area contributed by atoms with Gasteiger partial charge < -0.3 is 14.4 Å². The minimum atomic E-state index is -0.0955. The molecule has 0 fully saturated rings. The summed E-state index contributed by atoms with van der Waals surface area (Å²) in [5.41, 5.74) is 2.76. The smallest absolute Gasteiger partial charge is 0.272 e. The van der Waals surface area contributed by atoms with Crippen LogP contribution in [0.2, 0.25) is 0 Å². The van der Waals surface area contributed by atoms with Crippen molar-refractivity contribution >= 4 is 5.91 Å². The van der Waals surface area contributed by atoms with Crippen molar-refractivity contribution in [3.05, 3.63) is 83.7 Å². The summed E-state index contributed by atoms with van der Waals surface area (Å²) < 4.78 is 11.0. The average molecular weight is 390 g/mol. The highest BCUT2D eigenvalue weighted by Gasteiger charge is 2.13. The van der Waals surface area contributed by atoms with Crippen molar-refractivity contribution in [1.82, 2.24) is 9.88 Å². The summed E-state index contributed by atoms with van der Waals surface area (Å²) in [5.74, 6) is 2.11. The topological polar surface area (TPSA) is 51.7 Å². The Bertz CT molecular complexity index is 937. The molecule has 2 aromatic carbocycles. The minimum Gasteiger partial charge on any atom is -0.497 e. The second-order valence-electron chi connectivity index (χ2n) is 6.98. The number of methoxy groups -OCH3 is 1. The van der Waals surface area contributed by atoms with E-state index in [0.717, 1.165) is 29.9 Å². The van der Waals surface area contributed by atoms with Gasteiger partial charge in [-0.25, -0.2) is 4.98 Å². The second kappa shape index (κ2) is 9.73. The standard InChI is InChI=1S/C24H26N2O3/c1-18-6-4-8-21(16-18)29-22-13-14-23(25-17-22)24(27)26(2)15-5-7-19-9-11-20(28-3)12-10-19/h4,6,8-14,16-17H,5,7,15H2,1-3H3. The van der Waals surface area contributed by atoms with E-state index in [1.807, 2.05) is 43.3 Å². The van der Waals surface area contributed by atoms with Crippen molar-refractivity contribution in [2.24, 2.45) is 0 Å². The van der Waals surface area contributed by atoms with Crippen LogP contribution >= 0.6 is 0 Å². The van der Waals surface area contributed by atoms with Gasteiger partial charge in [0.1, 0.15) is 22.9 Å². The number of hydrogen-bond acceptors (Lipinski definition) is 4. The van der Waals surface area contributed by atoms with Crippen LogP contribution in [0.1, 0.15) is 28.0 Å². The van der Waals surface area contributed by atoms with Crippen molar-refractivity contribution in [2.45, 2.75) is 19.8 Å². The number of aryl methyl sites for hydroxylation is 2. The number of aromatic nitrogens is 1. The van der Waals surface area contributed by atoms with E-state index in [0.29, 0.717) is 18.0 Å². The number of nitrogens with zero attached hydrogens (tertiary/aromatic N) is 2. The summed E-state index contributed by atoms with van der Waals surface area (Å²) in [6.07, 6.45) is 3.36. The van der Waals surface area contributed by atoms with Crippen LogP contribution < -0.4 is 9.47 Å². The number of carbonyl (C=O) groups excluding carboxylic acids is 1. The van der Waals surface area contributed by atoms with E-state index in [1.54, 1.807) is 37.4 Å². The van der Waals surface area contributed by atoms with Gasteiger partial charge in [-0.1, -0.05) is 24.3 Å². The van der Waals surface area contributed by atoms with Crippen LogP contribution in [0.5, 0.6) is 17.2 Å². The zero-order valence-electron chi connectivity index (χ0n) is 17.1.